The van der Waals surface area contributed by atoms with Gasteiger partial charge in [0.15, 0.2) is 18.7 Å². The summed E-state index contributed by atoms with van der Waals surface area (Å²) in [5.74, 6) is -0.959. The van der Waals surface area contributed by atoms with Crippen LogP contribution in [0.25, 0.3) is 0 Å². The van der Waals surface area contributed by atoms with Crippen molar-refractivity contribution in [1.82, 2.24) is 0 Å². The molecule has 0 spiro atoms. The number of carbonyl (C=O) groups is 2. The molecular formula is C57H98O15. The van der Waals surface area contributed by atoms with Crippen LogP contribution in [-0.2, 0) is 38.0 Å². The highest BCUT2D eigenvalue weighted by Gasteiger charge is 2.47. The molecule has 2 rings (SSSR count). The second kappa shape index (κ2) is 43.4. The molecule has 15 heteroatoms. The maximum atomic E-state index is 13.0. The number of allylic oxidation sites excluding steroid dienone is 10. The largest absolute Gasteiger partial charge is 0.462 e. The van der Waals surface area contributed by atoms with Gasteiger partial charge in [-0.05, 0) is 57.8 Å². The summed E-state index contributed by atoms with van der Waals surface area (Å²) in [5, 5.41) is 72.2. The van der Waals surface area contributed by atoms with Crippen molar-refractivity contribution in [2.45, 2.75) is 261 Å². The van der Waals surface area contributed by atoms with Gasteiger partial charge in [0.2, 0.25) is 0 Å². The fourth-order valence-electron chi connectivity index (χ4n) is 8.48. The number of esters is 2. The van der Waals surface area contributed by atoms with Gasteiger partial charge in [-0.1, -0.05) is 184 Å². The Hall–Kier alpha value is -2.80. The molecule has 0 aromatic heterocycles. The van der Waals surface area contributed by atoms with Gasteiger partial charge in [-0.25, -0.2) is 0 Å². The first-order chi connectivity index (χ1) is 35.0. The Bertz CT molecular complexity index is 1480. The Morgan fingerprint density at radius 1 is 0.458 bits per heavy atom. The average Bonchev–Trinajstić information content (AvgIpc) is 3.37. The number of hydrogen-bond acceptors (Lipinski definition) is 15. The topological polar surface area (TPSA) is 231 Å². The van der Waals surface area contributed by atoms with E-state index in [1.54, 1.807) is 0 Å². The molecule has 0 aliphatic carbocycles. The third kappa shape index (κ3) is 30.5. The summed E-state index contributed by atoms with van der Waals surface area (Å²) in [4.78, 5) is 25.8. The maximum Gasteiger partial charge on any atom is 0.306 e. The lowest BCUT2D eigenvalue weighted by molar-refractivity contribution is -0.332. The van der Waals surface area contributed by atoms with Crippen molar-refractivity contribution in [2.75, 3.05) is 26.4 Å². The zero-order valence-electron chi connectivity index (χ0n) is 44.1. The van der Waals surface area contributed by atoms with Crippen molar-refractivity contribution in [3.63, 3.8) is 0 Å². The first-order valence-electron chi connectivity index (χ1n) is 27.9. The van der Waals surface area contributed by atoms with Crippen LogP contribution in [0.1, 0.15) is 194 Å². The van der Waals surface area contributed by atoms with Gasteiger partial charge < -0.3 is 64.2 Å². The second-order valence-corrected chi connectivity index (χ2v) is 19.4. The van der Waals surface area contributed by atoms with Crippen LogP contribution in [0.5, 0.6) is 0 Å². The summed E-state index contributed by atoms with van der Waals surface area (Å²) < 4.78 is 33.6. The van der Waals surface area contributed by atoms with Crippen LogP contribution >= 0.6 is 0 Å². The molecular weight excluding hydrogens is 925 g/mol. The predicted molar refractivity (Wildman–Crippen MR) is 280 cm³/mol. The van der Waals surface area contributed by atoms with Gasteiger partial charge >= 0.3 is 11.9 Å². The monoisotopic (exact) mass is 1020 g/mol. The summed E-state index contributed by atoms with van der Waals surface area (Å²) in [6.45, 7) is 2.46. The molecule has 2 aliphatic heterocycles. The molecule has 0 aromatic carbocycles. The SMILES string of the molecule is CC/C=C/C/C=C/C/C=C/C/C=C/C/C=C/CCCCCC(=O)O[C@H](COC(=O)CCCCCCCCCCCCCCCCCCC)CO[C@H]1O[C@@H](CO[C@H]2O[C@@H](CO)[C@@H](O)C(O)C2O)[C@@H](O)C(O)C1O. The van der Waals surface area contributed by atoms with Gasteiger partial charge in [-0.2, -0.15) is 0 Å². The van der Waals surface area contributed by atoms with Crippen LogP contribution in [0.15, 0.2) is 60.8 Å². The fraction of sp³-hybridized carbons (Fsp3) is 0.789. The third-order valence-corrected chi connectivity index (χ3v) is 13.0. The molecule has 0 bridgehead atoms. The molecule has 7 N–H and O–H groups in total. The van der Waals surface area contributed by atoms with E-state index in [0.717, 1.165) is 70.6 Å². The average molecular weight is 1020 g/mol. The van der Waals surface area contributed by atoms with E-state index in [1.165, 1.54) is 83.5 Å². The highest BCUT2D eigenvalue weighted by molar-refractivity contribution is 5.70. The van der Waals surface area contributed by atoms with E-state index in [2.05, 4.69) is 74.6 Å². The van der Waals surface area contributed by atoms with Gasteiger partial charge in [0.25, 0.3) is 0 Å². The Kier molecular flexibility index (Phi) is 39.4. The number of hydrogen-bond donors (Lipinski definition) is 7. The van der Waals surface area contributed by atoms with E-state index < -0.39 is 99.3 Å². The van der Waals surface area contributed by atoms with Gasteiger partial charge in [0, 0.05) is 12.8 Å². The summed E-state index contributed by atoms with van der Waals surface area (Å²) in [6, 6.07) is 0. The van der Waals surface area contributed by atoms with Gasteiger partial charge in [0.1, 0.15) is 55.4 Å². The molecule has 0 amide bonds. The van der Waals surface area contributed by atoms with E-state index >= 15 is 0 Å². The van der Waals surface area contributed by atoms with Crippen molar-refractivity contribution < 1.29 is 73.8 Å². The van der Waals surface area contributed by atoms with E-state index in [1.807, 2.05) is 0 Å². The van der Waals surface area contributed by atoms with Crippen molar-refractivity contribution >= 4 is 11.9 Å². The molecule has 2 saturated heterocycles. The standard InChI is InChI=1S/C57H98O15/c1-3-5-7-9-11-13-15-17-19-21-22-24-26-28-30-32-34-36-38-40-49(60)70-45(42-67-48(59)39-37-35-33-31-29-27-25-23-20-18-16-14-12-10-8-6-4-2)43-68-56-55(66)53(64)51(62)47(72-56)44-69-57-54(65)52(63)50(61)46(41-58)71-57/h5,7,11,13,17,19,22,24,28,30,45-47,50-58,61-66H,3-4,6,8-10,12,14-16,18,20-21,23,25-27,29,31-44H2,1-2H3/b7-5+,13-11+,19-17+,24-22+,30-28+/t45-,46+,47+,50-,51-,52?,53?,54?,55?,56+,57+/m1/s1. The smallest absolute Gasteiger partial charge is 0.306 e. The molecule has 0 saturated carbocycles. The van der Waals surface area contributed by atoms with Crippen LogP contribution in [0, 0.1) is 0 Å². The number of unbranched alkanes of at least 4 members (excludes halogenated alkanes) is 19. The molecule has 0 aromatic rings. The van der Waals surface area contributed by atoms with Gasteiger partial charge in [-0.15, -0.1) is 0 Å². The minimum Gasteiger partial charge on any atom is -0.462 e. The van der Waals surface area contributed by atoms with E-state index in [-0.39, 0.29) is 19.4 Å². The molecule has 4 unspecified atom stereocenters. The Morgan fingerprint density at radius 3 is 1.38 bits per heavy atom. The highest BCUT2D eigenvalue weighted by Crippen LogP contribution is 2.26. The van der Waals surface area contributed by atoms with Crippen molar-refractivity contribution in [3.05, 3.63) is 60.8 Å². The molecule has 72 heavy (non-hydrogen) atoms. The van der Waals surface area contributed by atoms with Crippen molar-refractivity contribution in [3.8, 4) is 0 Å². The van der Waals surface area contributed by atoms with Crippen LogP contribution in [0.2, 0.25) is 0 Å². The van der Waals surface area contributed by atoms with Crippen LogP contribution in [-0.4, -0.2) is 142 Å². The van der Waals surface area contributed by atoms with E-state index in [4.69, 9.17) is 28.4 Å². The normalized spacial score (nSPS) is 25.5. The fourth-order valence-corrected chi connectivity index (χ4v) is 8.48. The first kappa shape index (κ1) is 65.3. The molecule has 2 heterocycles. The lowest BCUT2D eigenvalue weighted by atomic mass is 9.98. The number of aliphatic hydroxyl groups excluding tert-OH is 7. The Balaban J connectivity index is 1.79. The lowest BCUT2D eigenvalue weighted by Gasteiger charge is -2.42. The third-order valence-electron chi connectivity index (χ3n) is 13.0. The summed E-state index contributed by atoms with van der Waals surface area (Å²) in [6.07, 6.45) is 33.8. The van der Waals surface area contributed by atoms with Gasteiger partial charge in [0.05, 0.1) is 19.8 Å². The Morgan fingerprint density at radius 2 is 0.875 bits per heavy atom. The van der Waals surface area contributed by atoms with E-state index in [0.29, 0.717) is 12.8 Å². The number of aliphatic hydroxyl groups is 7. The molecule has 2 fully saturated rings. The van der Waals surface area contributed by atoms with Gasteiger partial charge in [-0.3, -0.25) is 9.59 Å². The number of carbonyl (C=O) groups excluding carboxylic acids is 2. The number of ether oxygens (including phenoxy) is 6. The van der Waals surface area contributed by atoms with Crippen molar-refractivity contribution in [2.24, 2.45) is 0 Å². The maximum absolute atomic E-state index is 13.0. The van der Waals surface area contributed by atoms with Crippen LogP contribution in [0.4, 0.5) is 0 Å². The van der Waals surface area contributed by atoms with Crippen LogP contribution < -0.4 is 0 Å². The van der Waals surface area contributed by atoms with E-state index in [9.17, 15) is 45.3 Å². The minimum atomic E-state index is -1.77. The molecule has 11 atom stereocenters. The predicted octanol–water partition coefficient (Wildman–Crippen LogP) is 8.83. The molecule has 15 nitrogen and oxygen atoms in total. The Labute approximate surface area is 432 Å². The first-order valence-corrected chi connectivity index (χ1v) is 27.9. The molecule has 416 valence electrons. The zero-order valence-corrected chi connectivity index (χ0v) is 44.1. The lowest BCUT2D eigenvalue weighted by Crippen LogP contribution is -2.61. The van der Waals surface area contributed by atoms with Crippen molar-refractivity contribution in [1.29, 1.82) is 0 Å². The minimum absolute atomic E-state index is 0.125. The summed E-state index contributed by atoms with van der Waals surface area (Å²) >= 11 is 0. The summed E-state index contributed by atoms with van der Waals surface area (Å²) in [7, 11) is 0. The quantitative estimate of drug-likeness (QED) is 0.0172. The highest BCUT2D eigenvalue weighted by atomic mass is 16.7. The second-order valence-electron chi connectivity index (χ2n) is 19.4. The van der Waals surface area contributed by atoms with Crippen LogP contribution in [0.3, 0.4) is 0 Å². The molecule has 0 radical (unpaired) electrons. The summed E-state index contributed by atoms with van der Waals surface area (Å²) in [5.41, 5.74) is 0. The number of rotatable bonds is 43. The zero-order chi connectivity index (χ0) is 52.4. The molecule has 2 aliphatic rings.